The highest BCUT2D eigenvalue weighted by Crippen LogP contribution is 2.13. The summed E-state index contributed by atoms with van der Waals surface area (Å²) in [6.45, 7) is 0.937. The molecule has 106 valence electrons. The fourth-order valence-electron chi connectivity index (χ4n) is 2.02. The van der Waals surface area contributed by atoms with Crippen molar-refractivity contribution in [3.8, 4) is 0 Å². The van der Waals surface area contributed by atoms with Crippen LogP contribution in [0.3, 0.4) is 0 Å². The smallest absolute Gasteiger partial charge is 0.123 e. The van der Waals surface area contributed by atoms with Crippen LogP contribution in [0.4, 0.5) is 4.39 Å². The van der Waals surface area contributed by atoms with E-state index in [2.05, 4.69) is 5.32 Å². The summed E-state index contributed by atoms with van der Waals surface area (Å²) in [5.41, 5.74) is 2.44. The van der Waals surface area contributed by atoms with E-state index in [1.54, 1.807) is 12.1 Å². The highest BCUT2D eigenvalue weighted by Gasteiger charge is 2.07. The van der Waals surface area contributed by atoms with Crippen LogP contribution in [-0.4, -0.2) is 16.8 Å². The van der Waals surface area contributed by atoms with Gasteiger partial charge in [-0.05, 0) is 28.8 Å². The number of aliphatic hydroxyl groups is 2. The Morgan fingerprint density at radius 2 is 1.80 bits per heavy atom. The van der Waals surface area contributed by atoms with Crippen LogP contribution in [0.25, 0.3) is 0 Å². The van der Waals surface area contributed by atoms with Gasteiger partial charge in [0, 0.05) is 13.1 Å². The molecule has 0 saturated carbocycles. The maximum atomic E-state index is 13.0. The zero-order valence-electron chi connectivity index (χ0n) is 11.1. The minimum absolute atomic E-state index is 0.0136. The maximum Gasteiger partial charge on any atom is 0.123 e. The molecule has 0 bridgehead atoms. The van der Waals surface area contributed by atoms with E-state index in [9.17, 15) is 9.50 Å². The lowest BCUT2D eigenvalue weighted by Gasteiger charge is -2.12. The van der Waals surface area contributed by atoms with E-state index >= 15 is 0 Å². The molecule has 20 heavy (non-hydrogen) atoms. The first-order valence-corrected chi connectivity index (χ1v) is 6.52. The van der Waals surface area contributed by atoms with Gasteiger partial charge in [0.1, 0.15) is 5.82 Å². The van der Waals surface area contributed by atoms with Crippen LogP contribution in [-0.2, 0) is 13.2 Å². The molecule has 3 nitrogen and oxygen atoms in total. The van der Waals surface area contributed by atoms with E-state index in [1.807, 2.05) is 24.3 Å². The van der Waals surface area contributed by atoms with Gasteiger partial charge in [-0.2, -0.15) is 0 Å². The summed E-state index contributed by atoms with van der Waals surface area (Å²) in [5, 5.41) is 22.1. The summed E-state index contributed by atoms with van der Waals surface area (Å²) in [5.74, 6) is -0.350. The van der Waals surface area contributed by atoms with E-state index in [0.29, 0.717) is 18.7 Å². The Kier molecular flexibility index (Phi) is 5.24. The summed E-state index contributed by atoms with van der Waals surface area (Å²) < 4.78 is 13.0. The molecule has 2 rings (SSSR count). The molecule has 0 radical (unpaired) electrons. The SMILES string of the molecule is OCc1cccc(CNCC(O)c2cccc(F)c2)c1. The van der Waals surface area contributed by atoms with Gasteiger partial charge in [-0.1, -0.05) is 36.4 Å². The molecule has 0 aliphatic rings. The average molecular weight is 275 g/mol. The lowest BCUT2D eigenvalue weighted by atomic mass is 10.1. The Morgan fingerprint density at radius 3 is 2.55 bits per heavy atom. The van der Waals surface area contributed by atoms with Crippen LogP contribution in [0.1, 0.15) is 22.8 Å². The molecule has 1 unspecified atom stereocenters. The number of nitrogens with one attached hydrogen (secondary N) is 1. The van der Waals surface area contributed by atoms with Gasteiger partial charge >= 0.3 is 0 Å². The van der Waals surface area contributed by atoms with Crippen LogP contribution in [0.5, 0.6) is 0 Å². The Balaban J connectivity index is 1.86. The number of benzene rings is 2. The molecule has 0 fully saturated rings. The second-order valence-electron chi connectivity index (χ2n) is 4.68. The van der Waals surface area contributed by atoms with Crippen molar-refractivity contribution in [2.24, 2.45) is 0 Å². The number of halogens is 1. The largest absolute Gasteiger partial charge is 0.392 e. The topological polar surface area (TPSA) is 52.5 Å². The Morgan fingerprint density at radius 1 is 1.05 bits per heavy atom. The van der Waals surface area contributed by atoms with Crippen molar-refractivity contribution in [3.63, 3.8) is 0 Å². The quantitative estimate of drug-likeness (QED) is 0.757. The van der Waals surface area contributed by atoms with Crippen LogP contribution in [0, 0.1) is 5.82 Å². The monoisotopic (exact) mass is 275 g/mol. The first-order valence-electron chi connectivity index (χ1n) is 6.52. The average Bonchev–Trinajstić information content (AvgIpc) is 2.47. The summed E-state index contributed by atoms with van der Waals surface area (Å²) >= 11 is 0. The fourth-order valence-corrected chi connectivity index (χ4v) is 2.02. The molecule has 2 aromatic rings. The van der Waals surface area contributed by atoms with Gasteiger partial charge < -0.3 is 15.5 Å². The predicted molar refractivity (Wildman–Crippen MR) is 75.4 cm³/mol. The minimum Gasteiger partial charge on any atom is -0.392 e. The van der Waals surface area contributed by atoms with E-state index in [4.69, 9.17) is 5.11 Å². The van der Waals surface area contributed by atoms with Crippen LogP contribution in [0.2, 0.25) is 0 Å². The van der Waals surface area contributed by atoms with Gasteiger partial charge in [0.2, 0.25) is 0 Å². The van der Waals surface area contributed by atoms with Crippen molar-refractivity contribution < 1.29 is 14.6 Å². The van der Waals surface area contributed by atoms with Gasteiger partial charge in [-0.25, -0.2) is 4.39 Å². The second-order valence-corrected chi connectivity index (χ2v) is 4.68. The molecule has 0 saturated heterocycles. The van der Waals surface area contributed by atoms with Crippen molar-refractivity contribution in [3.05, 3.63) is 71.0 Å². The predicted octanol–water partition coefficient (Wildman–Crippen LogP) is 2.14. The van der Waals surface area contributed by atoms with Gasteiger partial charge in [0.25, 0.3) is 0 Å². The van der Waals surface area contributed by atoms with E-state index in [0.717, 1.165) is 11.1 Å². The summed E-state index contributed by atoms with van der Waals surface area (Å²) in [7, 11) is 0. The number of rotatable bonds is 6. The zero-order valence-corrected chi connectivity index (χ0v) is 11.1. The van der Waals surface area contributed by atoms with E-state index in [1.165, 1.54) is 12.1 Å². The van der Waals surface area contributed by atoms with Crippen molar-refractivity contribution in [2.75, 3.05) is 6.54 Å². The lowest BCUT2D eigenvalue weighted by Crippen LogP contribution is -2.21. The molecule has 3 N–H and O–H groups in total. The Bertz CT molecular complexity index is 560. The first-order chi connectivity index (χ1) is 9.69. The third-order valence-electron chi connectivity index (χ3n) is 3.07. The van der Waals surface area contributed by atoms with Crippen molar-refractivity contribution in [2.45, 2.75) is 19.3 Å². The van der Waals surface area contributed by atoms with E-state index in [-0.39, 0.29) is 12.4 Å². The van der Waals surface area contributed by atoms with Crippen molar-refractivity contribution in [1.29, 1.82) is 0 Å². The molecule has 0 heterocycles. The summed E-state index contributed by atoms with van der Waals surface area (Å²) in [4.78, 5) is 0. The summed E-state index contributed by atoms with van der Waals surface area (Å²) in [6, 6.07) is 13.5. The molecule has 0 aliphatic carbocycles. The Labute approximate surface area is 117 Å². The molecule has 4 heteroatoms. The highest BCUT2D eigenvalue weighted by molar-refractivity contribution is 5.23. The normalized spacial score (nSPS) is 12.3. The third-order valence-corrected chi connectivity index (χ3v) is 3.07. The number of aliphatic hydroxyl groups excluding tert-OH is 2. The second kappa shape index (κ2) is 7.14. The number of hydrogen-bond acceptors (Lipinski definition) is 3. The molecular weight excluding hydrogens is 257 g/mol. The minimum atomic E-state index is -0.744. The van der Waals surface area contributed by atoms with Crippen LogP contribution in [0.15, 0.2) is 48.5 Å². The molecule has 0 amide bonds. The first kappa shape index (κ1) is 14.7. The van der Waals surface area contributed by atoms with Crippen molar-refractivity contribution in [1.82, 2.24) is 5.32 Å². The maximum absolute atomic E-state index is 13.0. The fraction of sp³-hybridized carbons (Fsp3) is 0.250. The lowest BCUT2D eigenvalue weighted by molar-refractivity contribution is 0.174. The third kappa shape index (κ3) is 4.13. The van der Waals surface area contributed by atoms with Gasteiger partial charge in [0.05, 0.1) is 12.7 Å². The molecule has 1 atom stereocenters. The molecule has 0 aliphatic heterocycles. The van der Waals surface area contributed by atoms with E-state index < -0.39 is 6.10 Å². The molecule has 0 spiro atoms. The number of hydrogen-bond donors (Lipinski definition) is 3. The zero-order chi connectivity index (χ0) is 14.4. The molecule has 2 aromatic carbocycles. The summed E-state index contributed by atoms with van der Waals surface area (Å²) in [6.07, 6.45) is -0.744. The standard InChI is InChI=1S/C16H18FNO2/c17-15-6-2-5-14(8-15)16(20)10-18-9-12-3-1-4-13(7-12)11-19/h1-8,16,18-20H,9-11H2. The van der Waals surface area contributed by atoms with Crippen LogP contribution >= 0.6 is 0 Å². The van der Waals surface area contributed by atoms with Gasteiger partial charge in [-0.15, -0.1) is 0 Å². The molecule has 0 aromatic heterocycles. The van der Waals surface area contributed by atoms with Crippen LogP contribution < -0.4 is 5.32 Å². The van der Waals surface area contributed by atoms with Gasteiger partial charge in [0.15, 0.2) is 0 Å². The van der Waals surface area contributed by atoms with Crippen molar-refractivity contribution >= 4 is 0 Å². The van der Waals surface area contributed by atoms with Gasteiger partial charge in [-0.3, -0.25) is 0 Å². The highest BCUT2D eigenvalue weighted by atomic mass is 19.1. The molecular formula is C16H18FNO2. The Hall–Kier alpha value is -1.75.